The van der Waals surface area contributed by atoms with E-state index in [0.29, 0.717) is 0 Å². The molecule has 0 saturated heterocycles. The van der Waals surface area contributed by atoms with Crippen molar-refractivity contribution in [2.45, 2.75) is 19.4 Å². The van der Waals surface area contributed by atoms with Crippen LogP contribution in [0.2, 0.25) is 0 Å². The quantitative estimate of drug-likeness (QED) is 0.790. The molecule has 21 heavy (non-hydrogen) atoms. The lowest BCUT2D eigenvalue weighted by Crippen LogP contribution is -2.25. The molecule has 0 spiro atoms. The molecule has 0 radical (unpaired) electrons. The molecule has 2 aromatic carbocycles. The Morgan fingerprint density at radius 3 is 2.86 bits per heavy atom. The molecule has 1 unspecified atom stereocenters. The molecular weight excluding hydrogens is 324 g/mol. The SMILES string of the molecule is Cc1ccc(N)c(C2=CC(c3cccc(Br)c3)NCC2)c1. The molecule has 3 N–H and O–H groups in total. The van der Waals surface area contributed by atoms with Crippen LogP contribution in [0.5, 0.6) is 0 Å². The summed E-state index contributed by atoms with van der Waals surface area (Å²) in [7, 11) is 0. The standard InChI is InChI=1S/C18H19BrN2/c1-12-5-6-17(20)16(9-12)13-7-8-21-18(11-13)14-3-2-4-15(19)10-14/h2-6,9-11,18,21H,7-8,20H2,1H3. The first-order chi connectivity index (χ1) is 10.1. The third-order valence-electron chi connectivity index (χ3n) is 3.89. The van der Waals surface area contributed by atoms with Crippen molar-refractivity contribution in [3.63, 3.8) is 0 Å². The molecule has 0 fully saturated rings. The molecule has 0 bridgehead atoms. The number of rotatable bonds is 2. The molecule has 3 heteroatoms. The molecule has 0 amide bonds. The molecule has 2 nitrogen and oxygen atoms in total. The van der Waals surface area contributed by atoms with Crippen LogP contribution in [0.3, 0.4) is 0 Å². The van der Waals surface area contributed by atoms with Crippen molar-refractivity contribution in [3.8, 4) is 0 Å². The van der Waals surface area contributed by atoms with Crippen molar-refractivity contribution in [3.05, 3.63) is 69.7 Å². The van der Waals surface area contributed by atoms with Gasteiger partial charge in [0.15, 0.2) is 0 Å². The average Bonchev–Trinajstić information content (AvgIpc) is 2.50. The van der Waals surface area contributed by atoms with Crippen LogP contribution in [0.4, 0.5) is 5.69 Å². The predicted octanol–water partition coefficient (Wildman–Crippen LogP) is 4.46. The Balaban J connectivity index is 1.98. The van der Waals surface area contributed by atoms with E-state index in [1.165, 1.54) is 22.3 Å². The summed E-state index contributed by atoms with van der Waals surface area (Å²) >= 11 is 3.54. The van der Waals surface area contributed by atoms with Crippen LogP contribution >= 0.6 is 15.9 Å². The Morgan fingerprint density at radius 2 is 2.05 bits per heavy atom. The highest BCUT2D eigenvalue weighted by Crippen LogP contribution is 2.31. The summed E-state index contributed by atoms with van der Waals surface area (Å²) in [4.78, 5) is 0. The van der Waals surface area contributed by atoms with E-state index in [9.17, 15) is 0 Å². The van der Waals surface area contributed by atoms with Crippen LogP contribution in [-0.4, -0.2) is 6.54 Å². The van der Waals surface area contributed by atoms with Gasteiger partial charge in [0.1, 0.15) is 0 Å². The van der Waals surface area contributed by atoms with Gasteiger partial charge in [0.25, 0.3) is 0 Å². The van der Waals surface area contributed by atoms with Crippen molar-refractivity contribution >= 4 is 27.2 Å². The Bertz CT molecular complexity index is 691. The highest BCUT2D eigenvalue weighted by Gasteiger charge is 2.17. The van der Waals surface area contributed by atoms with E-state index in [-0.39, 0.29) is 6.04 Å². The summed E-state index contributed by atoms with van der Waals surface area (Å²) in [6.07, 6.45) is 3.31. The van der Waals surface area contributed by atoms with Gasteiger partial charge in [-0.3, -0.25) is 0 Å². The second kappa shape index (κ2) is 6.04. The topological polar surface area (TPSA) is 38.0 Å². The van der Waals surface area contributed by atoms with Crippen molar-refractivity contribution < 1.29 is 0 Å². The lowest BCUT2D eigenvalue weighted by atomic mass is 9.92. The number of nitrogens with one attached hydrogen (secondary N) is 1. The zero-order valence-electron chi connectivity index (χ0n) is 12.1. The smallest absolute Gasteiger partial charge is 0.0512 e. The summed E-state index contributed by atoms with van der Waals surface area (Å²) < 4.78 is 1.11. The van der Waals surface area contributed by atoms with Crippen molar-refractivity contribution in [2.75, 3.05) is 12.3 Å². The van der Waals surface area contributed by atoms with E-state index in [2.05, 4.69) is 70.6 Å². The molecule has 0 saturated carbocycles. The largest absolute Gasteiger partial charge is 0.398 e. The normalized spacial score (nSPS) is 18.4. The highest BCUT2D eigenvalue weighted by atomic mass is 79.9. The lowest BCUT2D eigenvalue weighted by Gasteiger charge is -2.24. The Hall–Kier alpha value is -1.58. The van der Waals surface area contributed by atoms with Crippen molar-refractivity contribution in [1.29, 1.82) is 0 Å². The Kier molecular flexibility index (Phi) is 4.13. The van der Waals surface area contributed by atoms with Gasteiger partial charge >= 0.3 is 0 Å². The molecule has 1 heterocycles. The fraction of sp³-hybridized carbons (Fsp3) is 0.222. The highest BCUT2D eigenvalue weighted by molar-refractivity contribution is 9.10. The van der Waals surface area contributed by atoms with Gasteiger partial charge in [-0.05, 0) is 48.7 Å². The van der Waals surface area contributed by atoms with Crippen LogP contribution in [0.15, 0.2) is 53.0 Å². The average molecular weight is 343 g/mol. The number of halogens is 1. The molecule has 108 valence electrons. The van der Waals surface area contributed by atoms with E-state index in [1.54, 1.807) is 0 Å². The zero-order chi connectivity index (χ0) is 14.8. The second-order valence-electron chi connectivity index (χ2n) is 5.52. The van der Waals surface area contributed by atoms with Gasteiger partial charge < -0.3 is 11.1 Å². The van der Waals surface area contributed by atoms with Crippen LogP contribution < -0.4 is 11.1 Å². The maximum atomic E-state index is 6.16. The van der Waals surface area contributed by atoms with Crippen LogP contribution in [0.25, 0.3) is 5.57 Å². The first kappa shape index (κ1) is 14.4. The number of nitrogen functional groups attached to an aromatic ring is 1. The predicted molar refractivity (Wildman–Crippen MR) is 93.1 cm³/mol. The number of hydrogen-bond donors (Lipinski definition) is 2. The van der Waals surface area contributed by atoms with Gasteiger partial charge in [-0.15, -0.1) is 0 Å². The fourth-order valence-corrected chi connectivity index (χ4v) is 3.21. The van der Waals surface area contributed by atoms with Crippen LogP contribution in [0, 0.1) is 6.92 Å². The van der Waals surface area contributed by atoms with Gasteiger partial charge in [0, 0.05) is 22.3 Å². The summed E-state index contributed by atoms with van der Waals surface area (Å²) in [5.74, 6) is 0. The van der Waals surface area contributed by atoms with E-state index in [1.807, 2.05) is 6.07 Å². The van der Waals surface area contributed by atoms with E-state index in [0.717, 1.165) is 23.1 Å². The molecule has 3 rings (SSSR count). The molecule has 0 aromatic heterocycles. The number of hydrogen-bond acceptors (Lipinski definition) is 2. The van der Waals surface area contributed by atoms with Gasteiger partial charge in [-0.2, -0.15) is 0 Å². The number of aryl methyl sites for hydroxylation is 1. The summed E-state index contributed by atoms with van der Waals surface area (Å²) in [5, 5.41) is 3.56. The van der Waals surface area contributed by atoms with Gasteiger partial charge in [-0.1, -0.05) is 45.8 Å². The minimum Gasteiger partial charge on any atom is -0.398 e. The first-order valence-electron chi connectivity index (χ1n) is 7.19. The maximum Gasteiger partial charge on any atom is 0.0512 e. The third-order valence-corrected chi connectivity index (χ3v) is 4.38. The van der Waals surface area contributed by atoms with E-state index in [4.69, 9.17) is 5.73 Å². The van der Waals surface area contributed by atoms with Crippen molar-refractivity contribution in [2.24, 2.45) is 0 Å². The summed E-state index contributed by atoms with van der Waals surface area (Å²) in [5.41, 5.74) is 12.1. The second-order valence-corrected chi connectivity index (χ2v) is 6.44. The molecule has 1 atom stereocenters. The summed E-state index contributed by atoms with van der Waals surface area (Å²) in [6.45, 7) is 3.08. The fourth-order valence-electron chi connectivity index (χ4n) is 2.79. The van der Waals surface area contributed by atoms with Gasteiger partial charge in [-0.25, -0.2) is 0 Å². The number of anilines is 1. The van der Waals surface area contributed by atoms with Crippen molar-refractivity contribution in [1.82, 2.24) is 5.32 Å². The monoisotopic (exact) mass is 342 g/mol. The Morgan fingerprint density at radius 1 is 1.19 bits per heavy atom. The van der Waals surface area contributed by atoms with Crippen LogP contribution in [0.1, 0.15) is 29.2 Å². The summed E-state index contributed by atoms with van der Waals surface area (Å²) in [6, 6.07) is 14.9. The molecule has 2 aromatic rings. The van der Waals surface area contributed by atoms with Crippen LogP contribution in [-0.2, 0) is 0 Å². The lowest BCUT2D eigenvalue weighted by molar-refractivity contribution is 0.608. The van der Waals surface area contributed by atoms with E-state index < -0.39 is 0 Å². The first-order valence-corrected chi connectivity index (χ1v) is 7.99. The number of nitrogens with two attached hydrogens (primary N) is 1. The zero-order valence-corrected chi connectivity index (χ0v) is 13.7. The maximum absolute atomic E-state index is 6.16. The number of benzene rings is 2. The minimum atomic E-state index is 0.242. The molecular formula is C18H19BrN2. The van der Waals surface area contributed by atoms with Gasteiger partial charge in [0.05, 0.1) is 6.04 Å². The van der Waals surface area contributed by atoms with Gasteiger partial charge in [0.2, 0.25) is 0 Å². The molecule has 1 aliphatic rings. The molecule has 0 aliphatic carbocycles. The third kappa shape index (κ3) is 3.20. The minimum absolute atomic E-state index is 0.242. The van der Waals surface area contributed by atoms with E-state index >= 15 is 0 Å². The Labute approximate surface area is 134 Å². The molecule has 1 aliphatic heterocycles.